The van der Waals surface area contributed by atoms with Crippen LogP contribution >= 0.6 is 11.3 Å². The summed E-state index contributed by atoms with van der Waals surface area (Å²) in [6, 6.07) is 2.21. The van der Waals surface area contributed by atoms with Crippen molar-refractivity contribution in [2.75, 3.05) is 0 Å². The summed E-state index contributed by atoms with van der Waals surface area (Å²) in [6.45, 7) is 0.818. The minimum atomic E-state index is -0.425. The molecule has 4 rings (SSSR count). The molecule has 0 aromatic carbocycles. The lowest BCUT2D eigenvalue weighted by Crippen LogP contribution is -2.36. The molecular weight excluding hydrogens is 340 g/mol. The number of H-pyrrole nitrogens is 1. The van der Waals surface area contributed by atoms with E-state index in [1.165, 1.54) is 18.9 Å². The molecule has 0 spiro atoms. The number of aromatic nitrogens is 5. The van der Waals surface area contributed by atoms with E-state index in [2.05, 4.69) is 20.1 Å². The summed E-state index contributed by atoms with van der Waals surface area (Å²) in [7, 11) is 0. The second kappa shape index (κ2) is 6.60. The van der Waals surface area contributed by atoms with Crippen molar-refractivity contribution in [1.29, 1.82) is 0 Å². The number of hydrogen-bond acceptors (Lipinski definition) is 6. The van der Waals surface area contributed by atoms with Gasteiger partial charge in [-0.25, -0.2) is 14.6 Å². The Bertz CT molecular complexity index is 915. The van der Waals surface area contributed by atoms with Gasteiger partial charge in [-0.1, -0.05) is 0 Å². The molecule has 0 radical (unpaired) electrons. The van der Waals surface area contributed by atoms with Crippen molar-refractivity contribution in [3.63, 3.8) is 0 Å². The molecule has 1 saturated carbocycles. The molecule has 1 aliphatic rings. The van der Waals surface area contributed by atoms with E-state index in [-0.39, 0.29) is 17.5 Å². The number of thiophene rings is 1. The van der Waals surface area contributed by atoms with Gasteiger partial charge in [-0.3, -0.25) is 9.59 Å². The fraction of sp³-hybridized carbons (Fsp3) is 0.312. The van der Waals surface area contributed by atoms with Gasteiger partial charge in [-0.15, -0.1) is 0 Å². The van der Waals surface area contributed by atoms with Crippen LogP contribution in [0.4, 0.5) is 0 Å². The first-order valence-electron chi connectivity index (χ1n) is 7.93. The summed E-state index contributed by atoms with van der Waals surface area (Å²) >= 11 is 1.60. The summed E-state index contributed by atoms with van der Waals surface area (Å²) in [5.41, 5.74) is 0.730. The molecule has 1 fully saturated rings. The summed E-state index contributed by atoms with van der Waals surface area (Å²) in [5, 5.41) is 7.97. The van der Waals surface area contributed by atoms with Crippen molar-refractivity contribution in [1.82, 2.24) is 29.6 Å². The number of amides is 1. The Labute approximate surface area is 147 Å². The van der Waals surface area contributed by atoms with Gasteiger partial charge < -0.3 is 9.88 Å². The third kappa shape index (κ3) is 3.50. The molecule has 0 atom stereocenters. The molecule has 8 nitrogen and oxygen atoms in total. The highest BCUT2D eigenvalue weighted by Crippen LogP contribution is 2.29. The van der Waals surface area contributed by atoms with Crippen LogP contribution < -0.4 is 5.56 Å². The summed E-state index contributed by atoms with van der Waals surface area (Å²) in [4.78, 5) is 37.7. The van der Waals surface area contributed by atoms with Crippen LogP contribution in [-0.2, 0) is 13.1 Å². The third-order valence-electron chi connectivity index (χ3n) is 4.04. The first-order chi connectivity index (χ1) is 12.2. The van der Waals surface area contributed by atoms with E-state index >= 15 is 0 Å². The maximum atomic E-state index is 12.8. The molecule has 1 amide bonds. The van der Waals surface area contributed by atoms with Gasteiger partial charge in [0.15, 0.2) is 0 Å². The summed E-state index contributed by atoms with van der Waals surface area (Å²) in [5.74, 6) is 0.164. The number of hydrogen-bond donors (Lipinski definition) is 1. The third-order valence-corrected chi connectivity index (χ3v) is 4.77. The van der Waals surface area contributed by atoms with Crippen LogP contribution in [0.5, 0.6) is 0 Å². The van der Waals surface area contributed by atoms with E-state index in [9.17, 15) is 9.59 Å². The molecule has 3 heterocycles. The predicted molar refractivity (Wildman–Crippen MR) is 91.2 cm³/mol. The summed E-state index contributed by atoms with van der Waals surface area (Å²) in [6.07, 6.45) is 6.26. The molecular formula is C16H16N6O2S. The fourth-order valence-electron chi connectivity index (χ4n) is 2.62. The topological polar surface area (TPSA) is 96.8 Å². The largest absolute Gasteiger partial charge is 0.331 e. The van der Waals surface area contributed by atoms with Gasteiger partial charge in [0.2, 0.25) is 0 Å². The zero-order valence-corrected chi connectivity index (χ0v) is 14.1. The normalized spacial score (nSPS) is 13.8. The van der Waals surface area contributed by atoms with Gasteiger partial charge in [0, 0.05) is 18.8 Å². The molecule has 128 valence electrons. The Hall–Kier alpha value is -2.81. The van der Waals surface area contributed by atoms with E-state index < -0.39 is 5.56 Å². The monoisotopic (exact) mass is 356 g/mol. The number of aromatic amines is 1. The lowest BCUT2D eigenvalue weighted by molar-refractivity contribution is 0.0727. The van der Waals surface area contributed by atoms with Crippen LogP contribution in [0.15, 0.2) is 40.5 Å². The number of carbonyl (C=O) groups is 1. The van der Waals surface area contributed by atoms with Crippen LogP contribution in [0.3, 0.4) is 0 Å². The first-order valence-corrected chi connectivity index (χ1v) is 8.87. The quantitative estimate of drug-likeness (QED) is 0.717. The maximum absolute atomic E-state index is 12.8. The average Bonchev–Trinajstić information content (AvgIpc) is 3.08. The molecule has 1 N–H and O–H groups in total. The Morgan fingerprint density at radius 3 is 2.96 bits per heavy atom. The Kier molecular flexibility index (Phi) is 4.14. The van der Waals surface area contributed by atoms with Crippen LogP contribution in [-0.4, -0.2) is 41.6 Å². The molecule has 25 heavy (non-hydrogen) atoms. The number of nitrogens with one attached hydrogen (secondary N) is 1. The standard InChI is InChI=1S/C16H16N6O2S/c23-15-13(5-18-14(20-15)7-21-10-17-9-19-21)16(24)22(12-1-2-12)6-11-3-4-25-8-11/h3-5,8-10,12H,1-2,6-7H2,(H,18,20,23). The zero-order chi connectivity index (χ0) is 17.2. The van der Waals surface area contributed by atoms with E-state index in [1.54, 1.807) is 20.9 Å². The minimum absolute atomic E-state index is 0.0736. The highest BCUT2D eigenvalue weighted by atomic mass is 32.1. The van der Waals surface area contributed by atoms with E-state index in [1.807, 2.05) is 16.8 Å². The second-order valence-corrected chi connectivity index (χ2v) is 6.74. The molecule has 3 aromatic rings. The van der Waals surface area contributed by atoms with Crippen LogP contribution in [0.1, 0.15) is 34.6 Å². The highest BCUT2D eigenvalue weighted by Gasteiger charge is 2.34. The van der Waals surface area contributed by atoms with Crippen molar-refractivity contribution in [2.24, 2.45) is 0 Å². The predicted octanol–water partition coefficient (Wildman–Crippen LogP) is 1.28. The smallest absolute Gasteiger partial charge is 0.263 e. The molecule has 0 saturated heterocycles. The molecule has 1 aliphatic carbocycles. The van der Waals surface area contributed by atoms with Crippen molar-refractivity contribution < 1.29 is 4.79 Å². The summed E-state index contributed by atoms with van der Waals surface area (Å²) < 4.78 is 1.55. The minimum Gasteiger partial charge on any atom is -0.331 e. The van der Waals surface area contributed by atoms with E-state index in [0.29, 0.717) is 18.9 Å². The maximum Gasteiger partial charge on any atom is 0.263 e. The number of rotatable bonds is 6. The molecule has 3 aromatic heterocycles. The van der Waals surface area contributed by atoms with Crippen molar-refractivity contribution in [3.05, 3.63) is 63.0 Å². The lowest BCUT2D eigenvalue weighted by Gasteiger charge is -2.21. The van der Waals surface area contributed by atoms with Gasteiger partial charge >= 0.3 is 0 Å². The highest BCUT2D eigenvalue weighted by molar-refractivity contribution is 7.07. The van der Waals surface area contributed by atoms with Crippen molar-refractivity contribution >= 4 is 17.2 Å². The first kappa shape index (κ1) is 15.7. The van der Waals surface area contributed by atoms with Gasteiger partial charge in [-0.2, -0.15) is 16.4 Å². The molecule has 0 aliphatic heterocycles. The Morgan fingerprint density at radius 1 is 1.44 bits per heavy atom. The average molecular weight is 356 g/mol. The molecule has 9 heteroatoms. The van der Waals surface area contributed by atoms with E-state index in [4.69, 9.17) is 0 Å². The van der Waals surface area contributed by atoms with Gasteiger partial charge in [0.05, 0.1) is 0 Å². The number of carbonyl (C=O) groups excluding carboxylic acids is 1. The van der Waals surface area contributed by atoms with Crippen LogP contribution in [0.25, 0.3) is 0 Å². The Balaban J connectivity index is 1.55. The van der Waals surface area contributed by atoms with Gasteiger partial charge in [0.1, 0.15) is 30.6 Å². The molecule has 0 unspecified atom stereocenters. The fourth-order valence-corrected chi connectivity index (χ4v) is 3.28. The lowest BCUT2D eigenvalue weighted by atomic mass is 10.2. The van der Waals surface area contributed by atoms with Crippen LogP contribution in [0.2, 0.25) is 0 Å². The van der Waals surface area contributed by atoms with Gasteiger partial charge in [-0.05, 0) is 35.2 Å². The second-order valence-electron chi connectivity index (χ2n) is 5.96. The van der Waals surface area contributed by atoms with Gasteiger partial charge in [0.25, 0.3) is 11.5 Å². The SMILES string of the molecule is O=C(c1cnc(Cn2cncn2)[nH]c1=O)N(Cc1ccsc1)C1CC1. The van der Waals surface area contributed by atoms with E-state index in [0.717, 1.165) is 18.4 Å². The van der Waals surface area contributed by atoms with Crippen molar-refractivity contribution in [2.45, 2.75) is 32.0 Å². The number of nitrogens with zero attached hydrogens (tertiary/aromatic N) is 5. The van der Waals surface area contributed by atoms with Crippen LogP contribution in [0, 0.1) is 0 Å². The zero-order valence-electron chi connectivity index (χ0n) is 13.3. The molecule has 0 bridgehead atoms. The Morgan fingerprint density at radius 2 is 2.32 bits per heavy atom. The van der Waals surface area contributed by atoms with Crippen molar-refractivity contribution in [3.8, 4) is 0 Å².